The summed E-state index contributed by atoms with van der Waals surface area (Å²) in [6, 6.07) is 5.35. The van der Waals surface area contributed by atoms with Gasteiger partial charge in [-0.05, 0) is 62.1 Å². The smallest absolute Gasteiger partial charge is 0.265 e. The van der Waals surface area contributed by atoms with Gasteiger partial charge in [0.2, 0.25) is 5.91 Å². The first kappa shape index (κ1) is 22.3. The van der Waals surface area contributed by atoms with Gasteiger partial charge in [-0.25, -0.2) is 13.5 Å². The van der Waals surface area contributed by atoms with E-state index in [1.54, 1.807) is 16.9 Å². The highest BCUT2D eigenvalue weighted by Gasteiger charge is 2.28. The standard InChI is InChI=1S/C25H32F2N4O2/c26-25(27)21-14-19(20-15-28-31(17-20)24-5-1-2-13-33-24)6-7-22(21)29-11-8-18(9-12-29)16-30-10-3-4-23(30)32/h6-7,14-15,17-18,24-25H,1-5,8-13,16H2. The van der Waals surface area contributed by atoms with Crippen molar-refractivity contribution in [3.05, 3.63) is 36.2 Å². The van der Waals surface area contributed by atoms with Crippen molar-refractivity contribution < 1.29 is 18.3 Å². The Morgan fingerprint density at radius 3 is 2.61 bits per heavy atom. The number of piperidine rings is 1. The van der Waals surface area contributed by atoms with Crippen LogP contribution in [0, 0.1) is 5.92 Å². The Kier molecular flexibility index (Phi) is 6.62. The van der Waals surface area contributed by atoms with E-state index in [0.29, 0.717) is 18.0 Å². The summed E-state index contributed by atoms with van der Waals surface area (Å²) in [7, 11) is 0. The number of nitrogens with zero attached hydrogens (tertiary/aromatic N) is 4. The second-order valence-corrected chi connectivity index (χ2v) is 9.48. The number of benzene rings is 1. The fourth-order valence-electron chi connectivity index (χ4n) is 5.34. The predicted octanol–water partition coefficient (Wildman–Crippen LogP) is 5.03. The Bertz CT molecular complexity index is 965. The van der Waals surface area contributed by atoms with Gasteiger partial charge in [0.1, 0.15) is 6.23 Å². The van der Waals surface area contributed by atoms with Crippen molar-refractivity contribution in [1.29, 1.82) is 0 Å². The second-order valence-electron chi connectivity index (χ2n) is 9.48. The summed E-state index contributed by atoms with van der Waals surface area (Å²) < 4.78 is 35.7. The number of likely N-dealkylation sites (tertiary alicyclic amines) is 1. The van der Waals surface area contributed by atoms with Gasteiger partial charge in [-0.3, -0.25) is 4.79 Å². The van der Waals surface area contributed by atoms with E-state index in [-0.39, 0.29) is 17.7 Å². The highest BCUT2D eigenvalue weighted by molar-refractivity contribution is 5.78. The first-order valence-corrected chi connectivity index (χ1v) is 12.2. The van der Waals surface area contributed by atoms with Gasteiger partial charge in [0.25, 0.3) is 6.43 Å². The third-order valence-electron chi connectivity index (χ3n) is 7.25. The molecule has 3 aliphatic rings. The van der Waals surface area contributed by atoms with Crippen LogP contribution in [0.4, 0.5) is 14.5 Å². The van der Waals surface area contributed by atoms with E-state index in [2.05, 4.69) is 10.00 Å². The Hall–Kier alpha value is -2.48. The van der Waals surface area contributed by atoms with E-state index >= 15 is 0 Å². The molecule has 3 saturated heterocycles. The molecule has 1 amide bonds. The van der Waals surface area contributed by atoms with E-state index in [0.717, 1.165) is 82.4 Å². The molecule has 4 heterocycles. The molecule has 1 aromatic heterocycles. The number of alkyl halides is 2. The Morgan fingerprint density at radius 1 is 1.06 bits per heavy atom. The minimum atomic E-state index is -2.54. The van der Waals surface area contributed by atoms with Gasteiger partial charge in [-0.2, -0.15) is 5.10 Å². The number of carbonyl (C=O) groups excluding carboxylic acids is 1. The molecule has 6 nitrogen and oxygen atoms in total. The van der Waals surface area contributed by atoms with E-state index in [4.69, 9.17) is 4.74 Å². The largest absolute Gasteiger partial charge is 0.371 e. The van der Waals surface area contributed by atoms with Crippen molar-refractivity contribution in [2.24, 2.45) is 5.92 Å². The van der Waals surface area contributed by atoms with Crippen molar-refractivity contribution >= 4 is 11.6 Å². The quantitative estimate of drug-likeness (QED) is 0.610. The monoisotopic (exact) mass is 458 g/mol. The molecule has 5 rings (SSSR count). The average molecular weight is 459 g/mol. The minimum Gasteiger partial charge on any atom is -0.371 e. The van der Waals surface area contributed by atoms with Crippen LogP contribution in [0.5, 0.6) is 0 Å². The number of hydrogen-bond acceptors (Lipinski definition) is 4. The SMILES string of the molecule is O=C1CCCN1CC1CCN(c2ccc(-c3cnn(C4CCCCO4)c3)cc2C(F)F)CC1. The van der Waals surface area contributed by atoms with Gasteiger partial charge in [0, 0.05) is 62.2 Å². The zero-order valence-electron chi connectivity index (χ0n) is 19.0. The minimum absolute atomic E-state index is 0.0708. The van der Waals surface area contributed by atoms with Crippen LogP contribution in [0.25, 0.3) is 11.1 Å². The van der Waals surface area contributed by atoms with Crippen LogP contribution >= 0.6 is 0 Å². The summed E-state index contributed by atoms with van der Waals surface area (Å²) >= 11 is 0. The molecule has 2 aromatic rings. The van der Waals surface area contributed by atoms with Crippen LogP contribution < -0.4 is 4.90 Å². The number of rotatable bonds is 6. The lowest BCUT2D eigenvalue weighted by molar-refractivity contribution is -0.128. The fraction of sp³-hybridized carbons (Fsp3) is 0.600. The van der Waals surface area contributed by atoms with E-state index in [1.165, 1.54) is 0 Å². The zero-order chi connectivity index (χ0) is 22.8. The summed E-state index contributed by atoms with van der Waals surface area (Å²) in [5.41, 5.74) is 2.26. The van der Waals surface area contributed by atoms with Crippen LogP contribution in [0.15, 0.2) is 30.6 Å². The average Bonchev–Trinajstić information content (AvgIpc) is 3.49. The van der Waals surface area contributed by atoms with Crippen LogP contribution in [-0.2, 0) is 9.53 Å². The Morgan fingerprint density at radius 2 is 1.91 bits per heavy atom. The number of carbonyl (C=O) groups is 1. The van der Waals surface area contributed by atoms with E-state index in [1.807, 2.05) is 23.2 Å². The van der Waals surface area contributed by atoms with E-state index < -0.39 is 6.43 Å². The third-order valence-corrected chi connectivity index (χ3v) is 7.25. The summed E-state index contributed by atoms with van der Waals surface area (Å²) in [6.45, 7) is 3.88. The summed E-state index contributed by atoms with van der Waals surface area (Å²) in [5.74, 6) is 0.705. The van der Waals surface area contributed by atoms with Gasteiger partial charge in [-0.15, -0.1) is 0 Å². The lowest BCUT2D eigenvalue weighted by Crippen LogP contribution is -2.39. The topological polar surface area (TPSA) is 50.6 Å². The van der Waals surface area contributed by atoms with Crippen molar-refractivity contribution in [2.75, 3.05) is 37.7 Å². The van der Waals surface area contributed by atoms with Crippen LogP contribution in [-0.4, -0.2) is 53.4 Å². The zero-order valence-corrected chi connectivity index (χ0v) is 19.0. The molecule has 0 saturated carbocycles. The van der Waals surface area contributed by atoms with Crippen molar-refractivity contribution in [3.63, 3.8) is 0 Å². The number of hydrogen-bond donors (Lipinski definition) is 0. The van der Waals surface area contributed by atoms with Crippen LogP contribution in [0.1, 0.15) is 63.2 Å². The molecular formula is C25H32F2N4O2. The van der Waals surface area contributed by atoms with Crippen LogP contribution in [0.2, 0.25) is 0 Å². The van der Waals surface area contributed by atoms with Gasteiger partial charge < -0.3 is 14.5 Å². The van der Waals surface area contributed by atoms with Gasteiger partial charge in [0.15, 0.2) is 0 Å². The number of ether oxygens (including phenoxy) is 1. The molecule has 0 N–H and O–H groups in total. The molecule has 1 atom stereocenters. The lowest BCUT2D eigenvalue weighted by Gasteiger charge is -2.36. The lowest BCUT2D eigenvalue weighted by atomic mass is 9.94. The molecule has 0 spiro atoms. The summed E-state index contributed by atoms with van der Waals surface area (Å²) in [4.78, 5) is 16.0. The normalized spacial score (nSPS) is 22.5. The molecule has 33 heavy (non-hydrogen) atoms. The van der Waals surface area contributed by atoms with Gasteiger partial charge in [0.05, 0.1) is 6.20 Å². The maximum Gasteiger partial charge on any atom is 0.265 e. The molecule has 3 aliphatic heterocycles. The van der Waals surface area contributed by atoms with Crippen molar-refractivity contribution in [1.82, 2.24) is 14.7 Å². The molecule has 178 valence electrons. The van der Waals surface area contributed by atoms with Crippen molar-refractivity contribution in [2.45, 2.75) is 57.6 Å². The molecule has 3 fully saturated rings. The molecule has 0 bridgehead atoms. The van der Waals surface area contributed by atoms with Crippen LogP contribution in [0.3, 0.4) is 0 Å². The Balaban J connectivity index is 1.27. The highest BCUT2D eigenvalue weighted by atomic mass is 19.3. The number of anilines is 1. The van der Waals surface area contributed by atoms with Gasteiger partial charge >= 0.3 is 0 Å². The predicted molar refractivity (Wildman–Crippen MR) is 122 cm³/mol. The summed E-state index contributed by atoms with van der Waals surface area (Å²) in [5, 5.41) is 4.42. The molecule has 0 aliphatic carbocycles. The first-order chi connectivity index (χ1) is 16.1. The number of aromatic nitrogens is 2. The maximum absolute atomic E-state index is 14.1. The fourth-order valence-corrected chi connectivity index (χ4v) is 5.34. The van der Waals surface area contributed by atoms with Gasteiger partial charge in [-0.1, -0.05) is 6.07 Å². The number of halogens is 2. The summed E-state index contributed by atoms with van der Waals surface area (Å²) in [6.07, 6.45) is 7.56. The number of amides is 1. The maximum atomic E-state index is 14.1. The third kappa shape index (κ3) is 4.90. The highest BCUT2D eigenvalue weighted by Crippen LogP contribution is 2.36. The first-order valence-electron chi connectivity index (χ1n) is 12.2. The second kappa shape index (κ2) is 9.79. The van der Waals surface area contributed by atoms with E-state index in [9.17, 15) is 13.6 Å². The molecular weight excluding hydrogens is 426 g/mol. The molecule has 0 radical (unpaired) electrons. The molecule has 8 heteroatoms. The van der Waals surface area contributed by atoms with Crippen molar-refractivity contribution in [3.8, 4) is 11.1 Å². The molecule has 1 aromatic carbocycles. The Labute approximate surface area is 193 Å². The molecule has 1 unspecified atom stereocenters.